The normalized spacial score (nSPS) is 11.9. The number of carbonyl (C=O) groups excluding carboxylic acids is 1. The maximum Gasteiger partial charge on any atom is 0.258 e. The minimum atomic E-state index is -0.204. The second kappa shape index (κ2) is 7.08. The minimum absolute atomic E-state index is 0.0550. The lowest BCUT2D eigenvalue weighted by Gasteiger charge is -2.12. The standard InChI is InChI=1S/C19H19NO4/c1-13(18-4-3-9-23-18)20-19(21)12-24-17-8-6-14-5-7-16(22-2)10-15(14)11-17/h3-11,13H,12H2,1-2H3,(H,20,21). The topological polar surface area (TPSA) is 60.7 Å². The zero-order valence-corrected chi connectivity index (χ0v) is 13.6. The molecule has 0 bridgehead atoms. The largest absolute Gasteiger partial charge is 0.497 e. The molecular weight excluding hydrogens is 306 g/mol. The summed E-state index contributed by atoms with van der Waals surface area (Å²) in [6.45, 7) is 1.81. The van der Waals surface area contributed by atoms with Crippen molar-refractivity contribution >= 4 is 16.7 Å². The van der Waals surface area contributed by atoms with Crippen molar-refractivity contribution in [1.29, 1.82) is 0 Å². The third-order valence-corrected chi connectivity index (χ3v) is 3.74. The first-order chi connectivity index (χ1) is 11.7. The van der Waals surface area contributed by atoms with Crippen LogP contribution >= 0.6 is 0 Å². The van der Waals surface area contributed by atoms with Crippen LogP contribution in [0.2, 0.25) is 0 Å². The highest BCUT2D eigenvalue weighted by atomic mass is 16.5. The Kier molecular flexibility index (Phi) is 4.70. The summed E-state index contributed by atoms with van der Waals surface area (Å²) >= 11 is 0. The molecule has 0 radical (unpaired) electrons. The summed E-state index contributed by atoms with van der Waals surface area (Å²) in [7, 11) is 1.63. The maximum atomic E-state index is 12.0. The Balaban J connectivity index is 1.61. The summed E-state index contributed by atoms with van der Waals surface area (Å²) in [6.07, 6.45) is 1.58. The van der Waals surface area contributed by atoms with E-state index in [0.717, 1.165) is 16.5 Å². The fourth-order valence-corrected chi connectivity index (χ4v) is 2.46. The molecular formula is C19H19NO4. The molecule has 0 aliphatic rings. The number of carbonyl (C=O) groups is 1. The summed E-state index contributed by atoms with van der Waals surface area (Å²) in [5.41, 5.74) is 0. The van der Waals surface area contributed by atoms with Gasteiger partial charge in [-0.3, -0.25) is 4.79 Å². The summed E-state index contributed by atoms with van der Waals surface area (Å²) in [4.78, 5) is 12.0. The number of benzene rings is 2. The molecule has 0 saturated carbocycles. The third-order valence-electron chi connectivity index (χ3n) is 3.74. The van der Waals surface area contributed by atoms with Gasteiger partial charge in [0.2, 0.25) is 0 Å². The van der Waals surface area contributed by atoms with Gasteiger partial charge < -0.3 is 19.2 Å². The Hall–Kier alpha value is -2.95. The highest BCUT2D eigenvalue weighted by Crippen LogP contribution is 2.25. The van der Waals surface area contributed by atoms with Gasteiger partial charge in [0.25, 0.3) is 5.91 Å². The smallest absolute Gasteiger partial charge is 0.258 e. The monoisotopic (exact) mass is 325 g/mol. The Morgan fingerprint density at radius 3 is 2.58 bits per heavy atom. The van der Waals surface area contributed by atoms with Gasteiger partial charge >= 0.3 is 0 Å². The Labute approximate surface area is 140 Å². The minimum Gasteiger partial charge on any atom is -0.497 e. The number of methoxy groups -OCH3 is 1. The van der Waals surface area contributed by atoms with Gasteiger partial charge in [-0.05, 0) is 54.1 Å². The number of rotatable bonds is 6. The number of amides is 1. The lowest BCUT2D eigenvalue weighted by atomic mass is 10.1. The molecule has 1 unspecified atom stereocenters. The van der Waals surface area contributed by atoms with Gasteiger partial charge in [0, 0.05) is 0 Å². The lowest BCUT2D eigenvalue weighted by Crippen LogP contribution is -2.31. The zero-order valence-electron chi connectivity index (χ0n) is 13.6. The first-order valence-corrected chi connectivity index (χ1v) is 7.69. The lowest BCUT2D eigenvalue weighted by molar-refractivity contribution is -0.123. The van der Waals surface area contributed by atoms with E-state index in [4.69, 9.17) is 13.9 Å². The summed E-state index contributed by atoms with van der Waals surface area (Å²) in [5.74, 6) is 1.92. The van der Waals surface area contributed by atoms with E-state index in [1.807, 2.05) is 49.4 Å². The molecule has 0 saturated heterocycles. The van der Waals surface area contributed by atoms with Gasteiger partial charge in [0.05, 0.1) is 19.4 Å². The molecule has 1 heterocycles. The van der Waals surface area contributed by atoms with Crippen molar-refractivity contribution in [2.24, 2.45) is 0 Å². The van der Waals surface area contributed by atoms with Gasteiger partial charge in [-0.25, -0.2) is 0 Å². The van der Waals surface area contributed by atoms with Crippen molar-refractivity contribution in [3.63, 3.8) is 0 Å². The van der Waals surface area contributed by atoms with Gasteiger partial charge in [0.1, 0.15) is 17.3 Å². The summed E-state index contributed by atoms with van der Waals surface area (Å²) in [5, 5.41) is 4.91. The van der Waals surface area contributed by atoms with Crippen molar-refractivity contribution in [1.82, 2.24) is 5.32 Å². The van der Waals surface area contributed by atoms with Gasteiger partial charge in [0.15, 0.2) is 6.61 Å². The molecule has 124 valence electrons. The van der Waals surface area contributed by atoms with Crippen LogP contribution in [-0.4, -0.2) is 19.6 Å². The van der Waals surface area contributed by atoms with Crippen LogP contribution < -0.4 is 14.8 Å². The van der Waals surface area contributed by atoms with E-state index in [2.05, 4.69) is 5.32 Å². The predicted octanol–water partition coefficient (Wildman–Crippen LogP) is 3.70. The molecule has 5 heteroatoms. The Bertz CT molecular complexity index is 827. The van der Waals surface area contributed by atoms with Gasteiger partial charge in [-0.2, -0.15) is 0 Å². The van der Waals surface area contributed by atoms with E-state index in [1.54, 1.807) is 19.4 Å². The molecule has 3 aromatic rings. The number of furan rings is 1. The number of nitrogens with one attached hydrogen (secondary N) is 1. The molecule has 5 nitrogen and oxygen atoms in total. The highest BCUT2D eigenvalue weighted by molar-refractivity contribution is 5.85. The number of hydrogen-bond donors (Lipinski definition) is 1. The summed E-state index contributed by atoms with van der Waals surface area (Å²) < 4.78 is 16.1. The number of ether oxygens (including phenoxy) is 2. The zero-order chi connectivity index (χ0) is 16.9. The Morgan fingerprint density at radius 1 is 1.12 bits per heavy atom. The van der Waals surface area contributed by atoms with E-state index in [1.165, 1.54) is 0 Å². The molecule has 0 spiro atoms. The summed E-state index contributed by atoms with van der Waals surface area (Å²) in [6, 6.07) is 14.9. The molecule has 1 atom stereocenters. The molecule has 3 rings (SSSR count). The van der Waals surface area contributed by atoms with Crippen LogP contribution in [0.3, 0.4) is 0 Å². The average molecular weight is 325 g/mol. The molecule has 0 fully saturated rings. The van der Waals surface area contributed by atoms with Crippen molar-refractivity contribution in [2.45, 2.75) is 13.0 Å². The van der Waals surface area contributed by atoms with Crippen LogP contribution in [0.1, 0.15) is 18.7 Å². The molecule has 0 aliphatic carbocycles. The average Bonchev–Trinajstić information content (AvgIpc) is 3.14. The van der Waals surface area contributed by atoms with E-state index < -0.39 is 0 Å². The quantitative estimate of drug-likeness (QED) is 0.751. The van der Waals surface area contributed by atoms with Crippen molar-refractivity contribution in [2.75, 3.05) is 13.7 Å². The SMILES string of the molecule is COc1ccc2ccc(OCC(=O)NC(C)c3ccco3)cc2c1. The van der Waals surface area contributed by atoms with Crippen LogP contribution in [0, 0.1) is 0 Å². The van der Waals surface area contributed by atoms with Crippen molar-refractivity contribution in [3.8, 4) is 11.5 Å². The molecule has 1 aromatic heterocycles. The Morgan fingerprint density at radius 2 is 1.88 bits per heavy atom. The van der Waals surface area contributed by atoms with E-state index >= 15 is 0 Å². The predicted molar refractivity (Wildman–Crippen MR) is 91.3 cm³/mol. The molecule has 24 heavy (non-hydrogen) atoms. The second-order valence-corrected chi connectivity index (χ2v) is 5.47. The van der Waals surface area contributed by atoms with Crippen LogP contribution in [0.15, 0.2) is 59.2 Å². The fourth-order valence-electron chi connectivity index (χ4n) is 2.46. The molecule has 2 aromatic carbocycles. The molecule has 1 N–H and O–H groups in total. The molecule has 0 aliphatic heterocycles. The van der Waals surface area contributed by atoms with Crippen LogP contribution in [0.4, 0.5) is 0 Å². The van der Waals surface area contributed by atoms with Gasteiger partial charge in [-0.15, -0.1) is 0 Å². The maximum absolute atomic E-state index is 12.0. The first-order valence-electron chi connectivity index (χ1n) is 7.69. The van der Waals surface area contributed by atoms with Gasteiger partial charge in [-0.1, -0.05) is 12.1 Å². The van der Waals surface area contributed by atoms with Crippen molar-refractivity contribution in [3.05, 3.63) is 60.6 Å². The van der Waals surface area contributed by atoms with Crippen LogP contribution in [-0.2, 0) is 4.79 Å². The first kappa shape index (κ1) is 15.9. The number of hydrogen-bond acceptors (Lipinski definition) is 4. The van der Waals surface area contributed by atoms with E-state index in [0.29, 0.717) is 11.5 Å². The van der Waals surface area contributed by atoms with Crippen molar-refractivity contribution < 1.29 is 18.7 Å². The second-order valence-electron chi connectivity index (χ2n) is 5.47. The van der Waals surface area contributed by atoms with E-state index in [-0.39, 0.29) is 18.6 Å². The van der Waals surface area contributed by atoms with Crippen LogP contribution in [0.25, 0.3) is 10.8 Å². The third kappa shape index (κ3) is 3.68. The highest BCUT2D eigenvalue weighted by Gasteiger charge is 2.12. The number of fused-ring (bicyclic) bond motifs is 1. The van der Waals surface area contributed by atoms with Crippen LogP contribution in [0.5, 0.6) is 11.5 Å². The molecule has 1 amide bonds. The fraction of sp³-hybridized carbons (Fsp3) is 0.211. The van der Waals surface area contributed by atoms with E-state index in [9.17, 15) is 4.79 Å².